The van der Waals surface area contributed by atoms with E-state index in [-0.39, 0.29) is 5.84 Å². The van der Waals surface area contributed by atoms with Crippen LogP contribution in [0.1, 0.15) is 11.4 Å². The highest BCUT2D eigenvalue weighted by Crippen LogP contribution is 2.16. The van der Waals surface area contributed by atoms with E-state index in [0.29, 0.717) is 6.42 Å². The number of nitrogens with zero attached hydrogens (tertiary/aromatic N) is 2. The second-order valence-corrected chi connectivity index (χ2v) is 3.77. The summed E-state index contributed by atoms with van der Waals surface area (Å²) in [4.78, 5) is 5.32. The zero-order chi connectivity index (χ0) is 9.42. The molecule has 2 rings (SSSR count). The molecule has 0 fully saturated rings. The summed E-state index contributed by atoms with van der Waals surface area (Å²) in [7, 11) is 0. The Bertz CT molecular complexity index is 454. The molecule has 0 aliphatic rings. The molecule has 0 aliphatic heterocycles. The Labute approximate surface area is 79.5 Å². The molecule has 5 heteroatoms. The fraction of sp³-hybridized carbons (Fsp3) is 0.250. The molecular formula is C8H10N4S. The number of thiazole rings is 1. The molecule has 2 aromatic rings. The van der Waals surface area contributed by atoms with E-state index in [4.69, 9.17) is 11.1 Å². The Hall–Kier alpha value is -1.36. The van der Waals surface area contributed by atoms with Crippen molar-refractivity contribution in [3.05, 3.63) is 23.0 Å². The highest BCUT2D eigenvalue weighted by molar-refractivity contribution is 7.15. The number of imidazole rings is 1. The van der Waals surface area contributed by atoms with E-state index in [1.165, 1.54) is 0 Å². The Morgan fingerprint density at radius 2 is 2.54 bits per heavy atom. The van der Waals surface area contributed by atoms with Crippen molar-refractivity contribution in [1.29, 1.82) is 5.41 Å². The number of aromatic nitrogens is 2. The zero-order valence-corrected chi connectivity index (χ0v) is 8.06. The van der Waals surface area contributed by atoms with Gasteiger partial charge in [0.05, 0.1) is 17.2 Å². The van der Waals surface area contributed by atoms with Crippen molar-refractivity contribution in [1.82, 2.24) is 9.38 Å². The van der Waals surface area contributed by atoms with Crippen LogP contribution in [-0.2, 0) is 6.42 Å². The topological polar surface area (TPSA) is 67.2 Å². The maximum atomic E-state index is 7.24. The average Bonchev–Trinajstić information content (AvgIpc) is 2.55. The SMILES string of the molecule is Cc1nc2sccn2c1CC(=N)N. The Kier molecular flexibility index (Phi) is 1.81. The van der Waals surface area contributed by atoms with Crippen molar-refractivity contribution in [2.24, 2.45) is 5.73 Å². The number of hydrogen-bond donors (Lipinski definition) is 2. The Morgan fingerprint density at radius 1 is 1.77 bits per heavy atom. The molecule has 0 saturated heterocycles. The maximum Gasteiger partial charge on any atom is 0.194 e. The fourth-order valence-corrected chi connectivity index (χ4v) is 2.11. The van der Waals surface area contributed by atoms with E-state index in [1.807, 2.05) is 22.9 Å². The first-order valence-corrected chi connectivity index (χ1v) is 4.80. The van der Waals surface area contributed by atoms with E-state index in [0.717, 1.165) is 16.3 Å². The quantitative estimate of drug-likeness (QED) is 0.557. The van der Waals surface area contributed by atoms with Crippen molar-refractivity contribution in [2.75, 3.05) is 0 Å². The van der Waals surface area contributed by atoms with Gasteiger partial charge in [0.2, 0.25) is 0 Å². The van der Waals surface area contributed by atoms with Crippen molar-refractivity contribution < 1.29 is 0 Å². The Morgan fingerprint density at radius 3 is 3.23 bits per heavy atom. The summed E-state index contributed by atoms with van der Waals surface area (Å²) >= 11 is 1.59. The molecule has 0 saturated carbocycles. The fourth-order valence-electron chi connectivity index (χ4n) is 1.33. The van der Waals surface area contributed by atoms with Crippen LogP contribution >= 0.6 is 11.3 Å². The molecule has 4 nitrogen and oxygen atoms in total. The molecule has 0 radical (unpaired) electrons. The van der Waals surface area contributed by atoms with Gasteiger partial charge in [-0.2, -0.15) is 0 Å². The number of fused-ring (bicyclic) bond motifs is 1. The average molecular weight is 194 g/mol. The smallest absolute Gasteiger partial charge is 0.194 e. The molecule has 0 amide bonds. The number of nitrogens with one attached hydrogen (secondary N) is 1. The van der Waals surface area contributed by atoms with Crippen LogP contribution in [0.5, 0.6) is 0 Å². The van der Waals surface area contributed by atoms with Crippen LogP contribution in [0.25, 0.3) is 4.96 Å². The minimum Gasteiger partial charge on any atom is -0.387 e. The first-order valence-electron chi connectivity index (χ1n) is 3.92. The van der Waals surface area contributed by atoms with Gasteiger partial charge in [0, 0.05) is 18.0 Å². The van der Waals surface area contributed by atoms with Crippen molar-refractivity contribution >= 4 is 22.1 Å². The van der Waals surface area contributed by atoms with Gasteiger partial charge in [0.15, 0.2) is 4.96 Å². The van der Waals surface area contributed by atoms with Gasteiger partial charge in [-0.05, 0) is 6.92 Å². The van der Waals surface area contributed by atoms with Crippen molar-refractivity contribution in [2.45, 2.75) is 13.3 Å². The summed E-state index contributed by atoms with van der Waals surface area (Å²) in [5.41, 5.74) is 7.34. The number of aryl methyl sites for hydroxylation is 1. The van der Waals surface area contributed by atoms with E-state index in [9.17, 15) is 0 Å². The molecule has 0 aliphatic carbocycles. The molecule has 0 bridgehead atoms. The summed E-state index contributed by atoms with van der Waals surface area (Å²) in [5.74, 6) is 0.177. The van der Waals surface area contributed by atoms with Crippen LogP contribution in [-0.4, -0.2) is 15.2 Å². The minimum absolute atomic E-state index is 0.177. The standard InChI is InChI=1S/C8H10N4S/c1-5-6(4-7(9)10)12-2-3-13-8(12)11-5/h2-3H,4H2,1H3,(H3,9,10). The monoisotopic (exact) mass is 194 g/mol. The summed E-state index contributed by atoms with van der Waals surface area (Å²) < 4.78 is 1.99. The lowest BCUT2D eigenvalue weighted by atomic mass is 10.2. The van der Waals surface area contributed by atoms with Gasteiger partial charge in [-0.15, -0.1) is 11.3 Å². The number of hydrogen-bond acceptors (Lipinski definition) is 3. The second-order valence-electron chi connectivity index (χ2n) is 2.90. The molecule has 0 aromatic carbocycles. The van der Waals surface area contributed by atoms with Crippen molar-refractivity contribution in [3.8, 4) is 0 Å². The van der Waals surface area contributed by atoms with Crippen molar-refractivity contribution in [3.63, 3.8) is 0 Å². The largest absolute Gasteiger partial charge is 0.387 e. The van der Waals surface area contributed by atoms with Crippen LogP contribution in [0.3, 0.4) is 0 Å². The lowest BCUT2D eigenvalue weighted by Gasteiger charge is -1.97. The number of nitrogens with two attached hydrogens (primary N) is 1. The van der Waals surface area contributed by atoms with Crippen LogP contribution < -0.4 is 5.73 Å². The third-order valence-electron chi connectivity index (χ3n) is 1.92. The summed E-state index contributed by atoms with van der Waals surface area (Å²) in [5, 5.41) is 9.21. The molecule has 2 aromatic heterocycles. The first kappa shape index (κ1) is 8.25. The van der Waals surface area contributed by atoms with E-state index in [2.05, 4.69) is 4.98 Å². The lowest BCUT2D eigenvalue weighted by Crippen LogP contribution is -2.14. The molecule has 0 spiro atoms. The normalized spacial score (nSPS) is 10.8. The molecule has 13 heavy (non-hydrogen) atoms. The van der Waals surface area contributed by atoms with Gasteiger partial charge in [-0.3, -0.25) is 9.81 Å². The van der Waals surface area contributed by atoms with Gasteiger partial charge in [-0.1, -0.05) is 0 Å². The minimum atomic E-state index is 0.177. The van der Waals surface area contributed by atoms with Gasteiger partial charge >= 0.3 is 0 Å². The molecule has 3 N–H and O–H groups in total. The highest BCUT2D eigenvalue weighted by atomic mass is 32.1. The zero-order valence-electron chi connectivity index (χ0n) is 7.24. The predicted molar refractivity (Wildman–Crippen MR) is 53.4 cm³/mol. The van der Waals surface area contributed by atoms with Crippen LogP contribution in [0.4, 0.5) is 0 Å². The second kappa shape index (κ2) is 2.85. The summed E-state index contributed by atoms with van der Waals surface area (Å²) in [6, 6.07) is 0. The third-order valence-corrected chi connectivity index (χ3v) is 2.68. The first-order chi connectivity index (χ1) is 6.18. The van der Waals surface area contributed by atoms with Gasteiger partial charge in [0.1, 0.15) is 0 Å². The van der Waals surface area contributed by atoms with Crippen LogP contribution in [0.15, 0.2) is 11.6 Å². The maximum absolute atomic E-state index is 7.24. The molecule has 0 atom stereocenters. The van der Waals surface area contributed by atoms with E-state index in [1.54, 1.807) is 11.3 Å². The highest BCUT2D eigenvalue weighted by Gasteiger charge is 2.09. The third kappa shape index (κ3) is 1.31. The molecule has 68 valence electrons. The van der Waals surface area contributed by atoms with Gasteiger partial charge in [-0.25, -0.2) is 4.98 Å². The van der Waals surface area contributed by atoms with E-state index >= 15 is 0 Å². The van der Waals surface area contributed by atoms with Crippen LogP contribution in [0.2, 0.25) is 0 Å². The van der Waals surface area contributed by atoms with Gasteiger partial charge in [0.25, 0.3) is 0 Å². The number of amidine groups is 1. The van der Waals surface area contributed by atoms with E-state index < -0.39 is 0 Å². The predicted octanol–water partition coefficient (Wildman–Crippen LogP) is 1.18. The molecule has 0 unspecified atom stereocenters. The van der Waals surface area contributed by atoms with Crippen LogP contribution in [0, 0.1) is 12.3 Å². The summed E-state index contributed by atoms with van der Waals surface area (Å²) in [6.45, 7) is 1.94. The molecular weight excluding hydrogens is 184 g/mol. The Balaban J connectivity index is 2.57. The molecule has 2 heterocycles. The van der Waals surface area contributed by atoms with Gasteiger partial charge < -0.3 is 5.73 Å². The summed E-state index contributed by atoms with van der Waals surface area (Å²) in [6.07, 6.45) is 2.43. The lowest BCUT2D eigenvalue weighted by molar-refractivity contribution is 1.05. The number of rotatable bonds is 2.